The quantitative estimate of drug-likeness (QED) is 0.671. The molecule has 0 spiro atoms. The number of aliphatic hydroxyl groups excluding tert-OH is 2. The summed E-state index contributed by atoms with van der Waals surface area (Å²) in [6, 6.07) is 5.13. The number of rotatable bonds is 10. The van der Waals surface area contributed by atoms with E-state index in [1.54, 1.807) is 32.4 Å². The molecule has 0 fully saturated rings. The van der Waals surface area contributed by atoms with Crippen molar-refractivity contribution in [3.63, 3.8) is 0 Å². The largest absolute Gasteiger partial charge is 0.497 e. The third kappa shape index (κ3) is 6.31. The highest BCUT2D eigenvalue weighted by atomic mass is 16.5. The summed E-state index contributed by atoms with van der Waals surface area (Å²) < 4.78 is 21.0. The summed E-state index contributed by atoms with van der Waals surface area (Å²) in [5, 5.41) is 19.1. The summed E-state index contributed by atoms with van der Waals surface area (Å²) in [4.78, 5) is 0. The number of benzene rings is 1. The smallest absolute Gasteiger partial charge is 0.128 e. The van der Waals surface area contributed by atoms with Crippen molar-refractivity contribution >= 4 is 0 Å². The molecule has 2 N–H and O–H groups in total. The number of hydrogen-bond donors (Lipinski definition) is 2. The highest BCUT2D eigenvalue weighted by Crippen LogP contribution is 2.25. The van der Waals surface area contributed by atoms with Crippen molar-refractivity contribution in [3.05, 3.63) is 23.8 Å². The molecule has 2 unspecified atom stereocenters. The molecule has 6 nitrogen and oxygen atoms in total. The van der Waals surface area contributed by atoms with E-state index in [1.165, 1.54) is 0 Å². The van der Waals surface area contributed by atoms with Crippen molar-refractivity contribution in [2.24, 2.45) is 0 Å². The van der Waals surface area contributed by atoms with E-state index in [4.69, 9.17) is 18.9 Å². The molecule has 0 aliphatic carbocycles. The van der Waals surface area contributed by atoms with Crippen molar-refractivity contribution in [1.29, 1.82) is 0 Å². The van der Waals surface area contributed by atoms with Crippen LogP contribution in [0.1, 0.15) is 12.5 Å². The van der Waals surface area contributed by atoms with Gasteiger partial charge in [0.05, 0.1) is 33.0 Å². The van der Waals surface area contributed by atoms with Crippen molar-refractivity contribution in [2.75, 3.05) is 34.0 Å². The van der Waals surface area contributed by atoms with Gasteiger partial charge in [0.1, 0.15) is 24.2 Å². The van der Waals surface area contributed by atoms with E-state index in [-0.39, 0.29) is 25.9 Å². The van der Waals surface area contributed by atoms with Crippen LogP contribution >= 0.6 is 0 Å². The number of ether oxygens (including phenoxy) is 4. The maximum atomic E-state index is 9.83. The Morgan fingerprint density at radius 1 is 1.14 bits per heavy atom. The summed E-state index contributed by atoms with van der Waals surface area (Å²) >= 11 is 0. The maximum Gasteiger partial charge on any atom is 0.128 e. The number of hydrogen-bond acceptors (Lipinski definition) is 6. The van der Waals surface area contributed by atoms with Crippen LogP contribution in [-0.2, 0) is 16.1 Å². The lowest BCUT2D eigenvalue weighted by atomic mass is 10.2. The first-order chi connectivity index (χ1) is 10.1. The molecule has 0 aliphatic rings. The fourth-order valence-corrected chi connectivity index (χ4v) is 1.72. The molecule has 1 aromatic rings. The van der Waals surface area contributed by atoms with E-state index in [0.29, 0.717) is 23.7 Å². The van der Waals surface area contributed by atoms with Gasteiger partial charge in [0, 0.05) is 18.7 Å². The molecular weight excluding hydrogens is 276 g/mol. The van der Waals surface area contributed by atoms with E-state index in [1.807, 2.05) is 6.92 Å². The Bertz CT molecular complexity index is 409. The fraction of sp³-hybridized carbons (Fsp3) is 0.600. The monoisotopic (exact) mass is 300 g/mol. The van der Waals surface area contributed by atoms with Crippen LogP contribution in [0.3, 0.4) is 0 Å². The summed E-state index contributed by atoms with van der Waals surface area (Å²) in [5.41, 5.74) is 0.636. The van der Waals surface area contributed by atoms with Gasteiger partial charge in [-0.1, -0.05) is 0 Å². The first kappa shape index (κ1) is 17.7. The Balaban J connectivity index is 2.46. The zero-order valence-corrected chi connectivity index (χ0v) is 12.7. The van der Waals surface area contributed by atoms with Gasteiger partial charge in [0.25, 0.3) is 0 Å². The van der Waals surface area contributed by atoms with Crippen LogP contribution in [0.5, 0.6) is 11.5 Å². The highest BCUT2D eigenvalue weighted by molar-refractivity contribution is 5.40. The minimum Gasteiger partial charge on any atom is -0.497 e. The molecule has 1 rings (SSSR count). The Morgan fingerprint density at radius 3 is 2.52 bits per heavy atom. The molecule has 0 amide bonds. The summed E-state index contributed by atoms with van der Waals surface area (Å²) in [6.45, 7) is 2.42. The van der Waals surface area contributed by atoms with E-state index in [2.05, 4.69) is 0 Å². The third-order valence-corrected chi connectivity index (χ3v) is 2.85. The highest BCUT2D eigenvalue weighted by Gasteiger charge is 2.11. The fourth-order valence-electron chi connectivity index (χ4n) is 1.72. The minimum atomic E-state index is -0.762. The molecule has 0 aliphatic heterocycles. The van der Waals surface area contributed by atoms with Gasteiger partial charge in [-0.15, -0.1) is 0 Å². The Kier molecular flexibility index (Phi) is 8.07. The lowest BCUT2D eigenvalue weighted by Crippen LogP contribution is -2.27. The van der Waals surface area contributed by atoms with Crippen molar-refractivity contribution in [2.45, 2.75) is 25.7 Å². The predicted molar refractivity (Wildman–Crippen MR) is 77.7 cm³/mol. The molecule has 0 aromatic heterocycles. The summed E-state index contributed by atoms with van der Waals surface area (Å²) in [7, 11) is 3.15. The first-order valence-corrected chi connectivity index (χ1v) is 6.79. The molecule has 6 heteroatoms. The summed E-state index contributed by atoms with van der Waals surface area (Å²) in [6.07, 6.45) is -0.850. The second-order valence-corrected chi connectivity index (χ2v) is 4.70. The topological polar surface area (TPSA) is 77.4 Å². The molecule has 0 bridgehead atoms. The molecule has 1 aromatic carbocycles. The van der Waals surface area contributed by atoms with E-state index < -0.39 is 6.10 Å². The van der Waals surface area contributed by atoms with Gasteiger partial charge in [0.15, 0.2) is 0 Å². The van der Waals surface area contributed by atoms with Gasteiger partial charge < -0.3 is 29.2 Å². The number of methoxy groups -OCH3 is 2. The second kappa shape index (κ2) is 9.57. The molecule has 0 heterocycles. The average molecular weight is 300 g/mol. The lowest BCUT2D eigenvalue weighted by Gasteiger charge is -2.17. The molecule has 0 radical (unpaired) electrons. The Labute approximate surface area is 125 Å². The van der Waals surface area contributed by atoms with Gasteiger partial charge in [-0.2, -0.15) is 0 Å². The molecule has 2 atom stereocenters. The molecule has 21 heavy (non-hydrogen) atoms. The molecular formula is C15H24O6. The van der Waals surface area contributed by atoms with Crippen LogP contribution in [0.15, 0.2) is 18.2 Å². The SMILES string of the molecule is COCC(C)OCC(O)COc1cc(OC)ccc1CO. The lowest BCUT2D eigenvalue weighted by molar-refractivity contribution is -0.0424. The van der Waals surface area contributed by atoms with Gasteiger partial charge in [0.2, 0.25) is 0 Å². The van der Waals surface area contributed by atoms with Crippen LogP contribution in [0.25, 0.3) is 0 Å². The van der Waals surface area contributed by atoms with Crippen molar-refractivity contribution < 1.29 is 29.2 Å². The van der Waals surface area contributed by atoms with Gasteiger partial charge >= 0.3 is 0 Å². The van der Waals surface area contributed by atoms with E-state index >= 15 is 0 Å². The van der Waals surface area contributed by atoms with Crippen LogP contribution < -0.4 is 9.47 Å². The Hall–Kier alpha value is -1.34. The standard InChI is InChI=1S/C15H24O6/c1-11(8-18-2)20-9-13(17)10-21-15-6-14(19-3)5-4-12(15)7-16/h4-6,11,13,16-17H,7-10H2,1-3H3. The molecule has 0 saturated heterocycles. The second-order valence-electron chi connectivity index (χ2n) is 4.70. The minimum absolute atomic E-state index is 0.0693. The predicted octanol–water partition coefficient (Wildman–Crippen LogP) is 0.979. The van der Waals surface area contributed by atoms with Crippen LogP contribution in [0.2, 0.25) is 0 Å². The molecule has 0 saturated carbocycles. The maximum absolute atomic E-state index is 9.83. The van der Waals surface area contributed by atoms with Gasteiger partial charge in [-0.05, 0) is 19.1 Å². The van der Waals surface area contributed by atoms with Gasteiger partial charge in [-0.3, -0.25) is 0 Å². The Morgan fingerprint density at radius 2 is 1.90 bits per heavy atom. The van der Waals surface area contributed by atoms with E-state index in [9.17, 15) is 10.2 Å². The van der Waals surface area contributed by atoms with Crippen molar-refractivity contribution in [3.8, 4) is 11.5 Å². The van der Waals surface area contributed by atoms with E-state index in [0.717, 1.165) is 0 Å². The normalized spacial score (nSPS) is 13.8. The van der Waals surface area contributed by atoms with Crippen molar-refractivity contribution in [1.82, 2.24) is 0 Å². The van der Waals surface area contributed by atoms with Gasteiger partial charge in [-0.25, -0.2) is 0 Å². The third-order valence-electron chi connectivity index (χ3n) is 2.85. The molecule has 120 valence electrons. The summed E-state index contributed by atoms with van der Waals surface area (Å²) in [5.74, 6) is 1.11. The average Bonchev–Trinajstić information content (AvgIpc) is 2.50. The zero-order valence-electron chi connectivity index (χ0n) is 12.7. The van der Waals surface area contributed by atoms with Crippen LogP contribution in [0, 0.1) is 0 Å². The number of aliphatic hydroxyl groups is 2. The zero-order chi connectivity index (χ0) is 15.7. The van der Waals surface area contributed by atoms with Crippen LogP contribution in [-0.4, -0.2) is 56.5 Å². The van der Waals surface area contributed by atoms with Crippen LogP contribution in [0.4, 0.5) is 0 Å². The first-order valence-electron chi connectivity index (χ1n) is 6.79.